The Morgan fingerprint density at radius 1 is 1.00 bits per heavy atom. The largest absolute Gasteiger partial charge is 0.382 e. The molecule has 0 aliphatic carbocycles. The fourth-order valence-corrected chi connectivity index (χ4v) is 0.595. The lowest BCUT2D eigenvalue weighted by Crippen LogP contribution is -2.26. The number of methoxy groups -OCH3 is 1. The average molecular weight is 178 g/mol. The number of hydrogen-bond donors (Lipinski definition) is 2. The normalized spacial score (nSPS) is 10.5. The molecule has 0 heterocycles. The van der Waals surface area contributed by atoms with Crippen molar-refractivity contribution < 1.29 is 14.2 Å². The zero-order valence-electron chi connectivity index (χ0n) is 7.54. The van der Waals surface area contributed by atoms with Gasteiger partial charge in [-0.1, -0.05) is 0 Å². The molecule has 0 rings (SSSR count). The zero-order chi connectivity index (χ0) is 9.07. The second-order valence-corrected chi connectivity index (χ2v) is 2.17. The summed E-state index contributed by atoms with van der Waals surface area (Å²) in [6.45, 7) is 3.74. The summed E-state index contributed by atoms with van der Waals surface area (Å²) in [7, 11) is 1.65. The van der Waals surface area contributed by atoms with E-state index in [1.807, 2.05) is 0 Å². The molecule has 0 spiro atoms. The fraction of sp³-hybridized carbons (Fsp3) is 1.00. The molecule has 0 aromatic carbocycles. The van der Waals surface area contributed by atoms with Crippen LogP contribution in [0.1, 0.15) is 0 Å². The van der Waals surface area contributed by atoms with Crippen LogP contribution in [0.5, 0.6) is 0 Å². The van der Waals surface area contributed by atoms with Crippen LogP contribution in [0.2, 0.25) is 0 Å². The van der Waals surface area contributed by atoms with Crippen LogP contribution in [-0.4, -0.2) is 46.7 Å². The highest BCUT2D eigenvalue weighted by Gasteiger charge is 1.88. The number of hydrogen-bond acceptors (Lipinski definition) is 5. The second kappa shape index (κ2) is 10.8. The number of hydrazine groups is 1. The van der Waals surface area contributed by atoms with E-state index in [0.717, 1.165) is 0 Å². The SMILES string of the molecule is COCCOCCOCCNN. The van der Waals surface area contributed by atoms with Gasteiger partial charge in [-0.3, -0.25) is 11.3 Å². The van der Waals surface area contributed by atoms with Crippen molar-refractivity contribution in [1.82, 2.24) is 5.43 Å². The Labute approximate surface area is 73.1 Å². The van der Waals surface area contributed by atoms with E-state index in [0.29, 0.717) is 39.6 Å². The zero-order valence-corrected chi connectivity index (χ0v) is 7.54. The molecule has 0 radical (unpaired) electrons. The van der Waals surface area contributed by atoms with Gasteiger partial charge in [-0.05, 0) is 0 Å². The lowest BCUT2D eigenvalue weighted by atomic mass is 10.7. The Hall–Kier alpha value is -0.200. The van der Waals surface area contributed by atoms with Crippen molar-refractivity contribution in [2.24, 2.45) is 5.84 Å². The van der Waals surface area contributed by atoms with E-state index < -0.39 is 0 Å². The van der Waals surface area contributed by atoms with Crippen LogP contribution in [0.3, 0.4) is 0 Å². The smallest absolute Gasteiger partial charge is 0.0701 e. The molecule has 0 fully saturated rings. The molecule has 0 aliphatic rings. The van der Waals surface area contributed by atoms with Crippen LogP contribution >= 0.6 is 0 Å². The standard InChI is InChI=1S/C7H18N2O3/c1-10-4-5-12-7-6-11-3-2-9-8/h9H,2-8H2,1H3. The molecule has 0 bridgehead atoms. The molecule has 5 heteroatoms. The van der Waals surface area contributed by atoms with E-state index in [9.17, 15) is 0 Å². The van der Waals surface area contributed by atoms with Crippen LogP contribution in [0, 0.1) is 0 Å². The molecule has 5 nitrogen and oxygen atoms in total. The molecule has 0 aliphatic heterocycles. The number of nitrogens with one attached hydrogen (secondary N) is 1. The van der Waals surface area contributed by atoms with Gasteiger partial charge in [0.25, 0.3) is 0 Å². The summed E-state index contributed by atoms with van der Waals surface area (Å²) in [4.78, 5) is 0. The highest BCUT2D eigenvalue weighted by Crippen LogP contribution is 1.78. The highest BCUT2D eigenvalue weighted by molar-refractivity contribution is 4.35. The van der Waals surface area contributed by atoms with Gasteiger partial charge in [-0.15, -0.1) is 0 Å². The molecular formula is C7H18N2O3. The Morgan fingerprint density at radius 3 is 2.17 bits per heavy atom. The van der Waals surface area contributed by atoms with Gasteiger partial charge in [-0.2, -0.15) is 0 Å². The van der Waals surface area contributed by atoms with Crippen LogP contribution in [0.4, 0.5) is 0 Å². The van der Waals surface area contributed by atoms with Crippen molar-refractivity contribution in [3.63, 3.8) is 0 Å². The first-order chi connectivity index (χ1) is 5.91. The van der Waals surface area contributed by atoms with Crippen molar-refractivity contribution >= 4 is 0 Å². The maximum Gasteiger partial charge on any atom is 0.0701 e. The van der Waals surface area contributed by atoms with Crippen LogP contribution in [0.15, 0.2) is 0 Å². The minimum absolute atomic E-state index is 0.603. The molecule has 0 saturated heterocycles. The van der Waals surface area contributed by atoms with E-state index in [2.05, 4.69) is 5.43 Å². The van der Waals surface area contributed by atoms with Crippen LogP contribution in [0.25, 0.3) is 0 Å². The molecular weight excluding hydrogens is 160 g/mol. The molecule has 0 unspecified atom stereocenters. The first-order valence-electron chi connectivity index (χ1n) is 3.99. The average Bonchev–Trinajstić information content (AvgIpc) is 2.10. The summed E-state index contributed by atoms with van der Waals surface area (Å²) >= 11 is 0. The molecule has 74 valence electrons. The maximum atomic E-state index is 5.15. The van der Waals surface area contributed by atoms with E-state index in [-0.39, 0.29) is 0 Å². The van der Waals surface area contributed by atoms with Gasteiger partial charge in [0.1, 0.15) is 0 Å². The van der Waals surface area contributed by atoms with Gasteiger partial charge in [0.05, 0.1) is 33.0 Å². The Bertz CT molecular complexity index is 73.1. The van der Waals surface area contributed by atoms with E-state index >= 15 is 0 Å². The van der Waals surface area contributed by atoms with Gasteiger partial charge in [0.2, 0.25) is 0 Å². The third-order valence-electron chi connectivity index (χ3n) is 1.19. The van der Waals surface area contributed by atoms with Crippen molar-refractivity contribution in [2.45, 2.75) is 0 Å². The molecule has 12 heavy (non-hydrogen) atoms. The number of nitrogens with two attached hydrogens (primary N) is 1. The summed E-state index contributed by atoms with van der Waals surface area (Å²) in [6.07, 6.45) is 0. The van der Waals surface area contributed by atoms with Gasteiger partial charge in [-0.25, -0.2) is 0 Å². The summed E-state index contributed by atoms with van der Waals surface area (Å²) in [5.41, 5.74) is 2.49. The summed E-state index contributed by atoms with van der Waals surface area (Å²) in [6, 6.07) is 0. The lowest BCUT2D eigenvalue weighted by molar-refractivity contribution is 0.0256. The number of ether oxygens (including phenoxy) is 3. The molecule has 0 amide bonds. The fourth-order valence-electron chi connectivity index (χ4n) is 0.595. The monoisotopic (exact) mass is 178 g/mol. The van der Waals surface area contributed by atoms with Gasteiger partial charge in [0.15, 0.2) is 0 Å². The van der Waals surface area contributed by atoms with Crippen molar-refractivity contribution in [2.75, 3.05) is 46.7 Å². The lowest BCUT2D eigenvalue weighted by Gasteiger charge is -2.04. The van der Waals surface area contributed by atoms with Crippen LogP contribution in [-0.2, 0) is 14.2 Å². The predicted molar refractivity (Wildman–Crippen MR) is 45.7 cm³/mol. The molecule has 0 aromatic rings. The Kier molecular flexibility index (Phi) is 10.6. The van der Waals surface area contributed by atoms with Gasteiger partial charge < -0.3 is 14.2 Å². The predicted octanol–water partition coefficient (Wildman–Crippen LogP) is -0.871. The van der Waals surface area contributed by atoms with Gasteiger partial charge >= 0.3 is 0 Å². The third-order valence-corrected chi connectivity index (χ3v) is 1.19. The van der Waals surface area contributed by atoms with E-state index in [1.165, 1.54) is 0 Å². The quantitative estimate of drug-likeness (QED) is 0.273. The number of rotatable bonds is 9. The first-order valence-corrected chi connectivity index (χ1v) is 3.99. The summed E-state index contributed by atoms with van der Waals surface area (Å²) in [5, 5.41) is 0. The second-order valence-electron chi connectivity index (χ2n) is 2.17. The highest BCUT2D eigenvalue weighted by atomic mass is 16.5. The molecule has 0 aromatic heterocycles. The third kappa shape index (κ3) is 9.80. The first kappa shape index (κ1) is 11.8. The van der Waals surface area contributed by atoms with Crippen molar-refractivity contribution in [3.05, 3.63) is 0 Å². The van der Waals surface area contributed by atoms with E-state index in [1.54, 1.807) is 7.11 Å². The topological polar surface area (TPSA) is 65.7 Å². The molecule has 0 saturated carbocycles. The molecule has 3 N–H and O–H groups in total. The van der Waals surface area contributed by atoms with Crippen molar-refractivity contribution in [3.8, 4) is 0 Å². The summed E-state index contributed by atoms with van der Waals surface area (Å²) < 4.78 is 15.1. The minimum Gasteiger partial charge on any atom is -0.382 e. The Morgan fingerprint density at radius 2 is 1.58 bits per heavy atom. The van der Waals surface area contributed by atoms with Gasteiger partial charge in [0, 0.05) is 13.7 Å². The van der Waals surface area contributed by atoms with Crippen LogP contribution < -0.4 is 11.3 Å². The minimum atomic E-state index is 0.603. The summed E-state index contributed by atoms with van der Waals surface area (Å²) in [5.74, 6) is 5.03. The molecule has 0 atom stereocenters. The maximum absolute atomic E-state index is 5.15. The van der Waals surface area contributed by atoms with E-state index in [4.69, 9.17) is 20.1 Å². The Balaban J connectivity index is 2.73. The van der Waals surface area contributed by atoms with Crippen molar-refractivity contribution in [1.29, 1.82) is 0 Å².